The van der Waals surface area contributed by atoms with Crippen LogP contribution in [0.5, 0.6) is 0 Å². The molecule has 1 heterocycles. The normalized spacial score (nSPS) is 30.2. The molecule has 0 aromatic heterocycles. The molecule has 1 aromatic rings. The predicted octanol–water partition coefficient (Wildman–Crippen LogP) is 2.62. The van der Waals surface area contributed by atoms with Crippen LogP contribution in [-0.2, 0) is 4.79 Å². The number of nitrogens with zero attached hydrogens (tertiary/aromatic N) is 1. The fourth-order valence-corrected chi connectivity index (χ4v) is 3.29. The van der Waals surface area contributed by atoms with E-state index in [1.807, 2.05) is 0 Å². The molecule has 1 saturated carbocycles. The fraction of sp³-hybridized carbons (Fsp3) is 0.533. The van der Waals surface area contributed by atoms with Crippen molar-refractivity contribution < 1.29 is 18.7 Å². The Bertz CT molecular complexity index is 529. The van der Waals surface area contributed by atoms with Gasteiger partial charge in [0.15, 0.2) is 0 Å². The largest absolute Gasteiger partial charge is 0.481 e. The molecule has 3 nitrogen and oxygen atoms in total. The number of carboxylic acids is 1. The molecule has 0 radical (unpaired) electrons. The van der Waals surface area contributed by atoms with Gasteiger partial charge >= 0.3 is 5.97 Å². The molecular weight excluding hydrogens is 264 g/mol. The smallest absolute Gasteiger partial charge is 0.307 e. The van der Waals surface area contributed by atoms with E-state index in [0.717, 1.165) is 25.5 Å². The molecule has 20 heavy (non-hydrogen) atoms. The lowest BCUT2D eigenvalue weighted by Crippen LogP contribution is -2.43. The SMILES string of the molecule is O=C(O)C1CCN(C2CC(c3cc(F)ccc3F)C2)C1. The number of carboxylic acid groups (broad SMARTS) is 1. The first-order chi connectivity index (χ1) is 9.54. The van der Waals surface area contributed by atoms with Gasteiger partial charge in [0.1, 0.15) is 11.6 Å². The van der Waals surface area contributed by atoms with E-state index < -0.39 is 11.8 Å². The molecule has 1 aliphatic carbocycles. The number of likely N-dealkylation sites (tertiary alicyclic amines) is 1. The lowest BCUT2D eigenvalue weighted by molar-refractivity contribution is -0.141. The Balaban J connectivity index is 1.59. The summed E-state index contributed by atoms with van der Waals surface area (Å²) in [6.07, 6.45) is 2.25. The van der Waals surface area contributed by atoms with Gasteiger partial charge in [0.25, 0.3) is 0 Å². The highest BCUT2D eigenvalue weighted by Crippen LogP contribution is 2.42. The molecule has 0 bridgehead atoms. The molecule has 2 fully saturated rings. The molecule has 0 spiro atoms. The van der Waals surface area contributed by atoms with E-state index in [1.165, 1.54) is 12.1 Å². The van der Waals surface area contributed by atoms with Crippen LogP contribution in [-0.4, -0.2) is 35.1 Å². The first kappa shape index (κ1) is 13.5. The number of hydrogen-bond acceptors (Lipinski definition) is 2. The van der Waals surface area contributed by atoms with E-state index in [2.05, 4.69) is 4.90 Å². The van der Waals surface area contributed by atoms with Gasteiger partial charge in [-0.15, -0.1) is 0 Å². The number of halogens is 2. The maximum atomic E-state index is 13.7. The maximum Gasteiger partial charge on any atom is 0.307 e. The van der Waals surface area contributed by atoms with Crippen LogP contribution in [0, 0.1) is 17.6 Å². The van der Waals surface area contributed by atoms with Crippen molar-refractivity contribution >= 4 is 5.97 Å². The van der Waals surface area contributed by atoms with Crippen molar-refractivity contribution in [1.82, 2.24) is 4.90 Å². The minimum Gasteiger partial charge on any atom is -0.481 e. The zero-order valence-corrected chi connectivity index (χ0v) is 11.1. The average molecular weight is 281 g/mol. The van der Waals surface area contributed by atoms with E-state index >= 15 is 0 Å². The van der Waals surface area contributed by atoms with E-state index in [-0.39, 0.29) is 17.7 Å². The predicted molar refractivity (Wildman–Crippen MR) is 69.4 cm³/mol. The van der Waals surface area contributed by atoms with Gasteiger partial charge in [0.2, 0.25) is 0 Å². The van der Waals surface area contributed by atoms with Gasteiger partial charge in [-0.25, -0.2) is 8.78 Å². The molecule has 108 valence electrons. The number of rotatable bonds is 3. The van der Waals surface area contributed by atoms with Gasteiger partial charge in [-0.3, -0.25) is 9.69 Å². The molecule has 3 rings (SSSR count). The third-order valence-electron chi connectivity index (χ3n) is 4.60. The topological polar surface area (TPSA) is 40.5 Å². The zero-order chi connectivity index (χ0) is 14.3. The third kappa shape index (κ3) is 2.42. The summed E-state index contributed by atoms with van der Waals surface area (Å²) in [5.41, 5.74) is 0.454. The Labute approximate surface area is 116 Å². The van der Waals surface area contributed by atoms with Crippen molar-refractivity contribution in [2.45, 2.75) is 31.2 Å². The second kappa shape index (κ2) is 5.13. The Morgan fingerprint density at radius 2 is 2.05 bits per heavy atom. The van der Waals surface area contributed by atoms with Crippen LogP contribution >= 0.6 is 0 Å². The first-order valence-electron chi connectivity index (χ1n) is 6.96. The van der Waals surface area contributed by atoms with Crippen LogP contribution in [0.2, 0.25) is 0 Å². The van der Waals surface area contributed by atoms with Crippen molar-refractivity contribution in [1.29, 1.82) is 0 Å². The first-order valence-corrected chi connectivity index (χ1v) is 6.96. The number of benzene rings is 1. The maximum absolute atomic E-state index is 13.7. The summed E-state index contributed by atoms with van der Waals surface area (Å²) in [7, 11) is 0. The summed E-state index contributed by atoms with van der Waals surface area (Å²) in [5.74, 6) is -1.71. The standard InChI is InChI=1S/C15H17F2NO2/c16-11-1-2-14(17)13(7-11)10-5-12(6-10)18-4-3-9(8-18)15(19)20/h1-2,7,9-10,12H,3-6,8H2,(H,19,20). The van der Waals surface area contributed by atoms with Gasteiger partial charge in [-0.05, 0) is 55.5 Å². The van der Waals surface area contributed by atoms with Gasteiger partial charge in [-0.2, -0.15) is 0 Å². The quantitative estimate of drug-likeness (QED) is 0.926. The second-order valence-corrected chi connectivity index (χ2v) is 5.81. The molecule has 5 heteroatoms. The molecule has 1 aromatic carbocycles. The Hall–Kier alpha value is -1.49. The van der Waals surface area contributed by atoms with Crippen LogP contribution in [0.1, 0.15) is 30.7 Å². The van der Waals surface area contributed by atoms with Crippen LogP contribution in [0.15, 0.2) is 18.2 Å². The van der Waals surface area contributed by atoms with Crippen molar-refractivity contribution in [3.63, 3.8) is 0 Å². The van der Waals surface area contributed by atoms with E-state index in [1.54, 1.807) is 0 Å². The minimum absolute atomic E-state index is 0.0552. The molecule has 1 aliphatic heterocycles. The number of hydrogen-bond donors (Lipinski definition) is 1. The molecule has 1 unspecified atom stereocenters. The van der Waals surface area contributed by atoms with Crippen LogP contribution in [0.25, 0.3) is 0 Å². The zero-order valence-electron chi connectivity index (χ0n) is 11.1. The summed E-state index contributed by atoms with van der Waals surface area (Å²) in [6.45, 7) is 1.37. The highest BCUT2D eigenvalue weighted by molar-refractivity contribution is 5.70. The van der Waals surface area contributed by atoms with E-state index in [0.29, 0.717) is 24.6 Å². The summed E-state index contributed by atoms with van der Waals surface area (Å²) >= 11 is 0. The van der Waals surface area contributed by atoms with Crippen molar-refractivity contribution in [2.24, 2.45) is 5.92 Å². The highest BCUT2D eigenvalue weighted by Gasteiger charge is 2.40. The van der Waals surface area contributed by atoms with Gasteiger partial charge < -0.3 is 5.11 Å². The monoisotopic (exact) mass is 281 g/mol. The van der Waals surface area contributed by atoms with Gasteiger partial charge in [0.05, 0.1) is 5.92 Å². The molecule has 1 saturated heterocycles. The lowest BCUT2D eigenvalue weighted by Gasteiger charge is -2.41. The van der Waals surface area contributed by atoms with Crippen LogP contribution in [0.4, 0.5) is 8.78 Å². The Kier molecular flexibility index (Phi) is 3.46. The number of aliphatic carboxylic acids is 1. The van der Waals surface area contributed by atoms with Crippen molar-refractivity contribution in [3.05, 3.63) is 35.4 Å². The van der Waals surface area contributed by atoms with Crippen LogP contribution < -0.4 is 0 Å². The third-order valence-corrected chi connectivity index (χ3v) is 4.60. The van der Waals surface area contributed by atoms with E-state index in [4.69, 9.17) is 5.11 Å². The molecule has 2 aliphatic rings. The van der Waals surface area contributed by atoms with Crippen LogP contribution in [0.3, 0.4) is 0 Å². The van der Waals surface area contributed by atoms with Gasteiger partial charge in [-0.1, -0.05) is 0 Å². The van der Waals surface area contributed by atoms with E-state index in [9.17, 15) is 13.6 Å². The molecule has 0 amide bonds. The molecule has 1 N–H and O–H groups in total. The molecule has 1 atom stereocenters. The summed E-state index contributed by atoms with van der Waals surface area (Å²) in [5, 5.41) is 8.98. The highest BCUT2D eigenvalue weighted by atomic mass is 19.1. The summed E-state index contributed by atoms with van der Waals surface area (Å²) in [6, 6.07) is 3.90. The minimum atomic E-state index is -0.737. The second-order valence-electron chi connectivity index (χ2n) is 5.81. The Morgan fingerprint density at radius 1 is 1.30 bits per heavy atom. The fourth-order valence-electron chi connectivity index (χ4n) is 3.29. The van der Waals surface area contributed by atoms with Crippen molar-refractivity contribution in [2.75, 3.05) is 13.1 Å². The Morgan fingerprint density at radius 3 is 2.70 bits per heavy atom. The average Bonchev–Trinajstić information content (AvgIpc) is 2.81. The van der Waals surface area contributed by atoms with Crippen molar-refractivity contribution in [3.8, 4) is 0 Å². The molecular formula is C15H17F2NO2. The number of carbonyl (C=O) groups is 1. The van der Waals surface area contributed by atoms with Gasteiger partial charge in [0, 0.05) is 12.6 Å². The summed E-state index contributed by atoms with van der Waals surface area (Å²) in [4.78, 5) is 13.1. The lowest BCUT2D eigenvalue weighted by atomic mass is 9.75. The summed E-state index contributed by atoms with van der Waals surface area (Å²) < 4.78 is 26.8.